The van der Waals surface area contributed by atoms with E-state index in [9.17, 15) is 4.39 Å². The monoisotopic (exact) mass is 428 g/mol. The number of ether oxygens (including phenoxy) is 1. The van der Waals surface area contributed by atoms with E-state index >= 15 is 0 Å². The normalized spacial score (nSPS) is 25.0. The van der Waals surface area contributed by atoms with Crippen LogP contribution >= 0.6 is 0 Å². The molecule has 2 unspecified atom stereocenters. The SMILES string of the molecule is [2H]c1c([N+]#[C-])c(C)c([2H])c2c1C(C)O[C@@]2(CC(C)CN(C([2H])([2H])[2H])C([2H])(C)C)c1ccc(F)c(C)c1C. The fourth-order valence-electron chi connectivity index (χ4n) is 4.49. The predicted molar refractivity (Wildman–Crippen MR) is 125 cm³/mol. The highest BCUT2D eigenvalue weighted by Crippen LogP contribution is 2.53. The molecular weight excluding hydrogens is 387 g/mol. The molecule has 0 saturated carbocycles. The van der Waals surface area contributed by atoms with E-state index in [2.05, 4.69) is 4.85 Å². The van der Waals surface area contributed by atoms with Gasteiger partial charge >= 0.3 is 0 Å². The average Bonchev–Trinajstić information content (AvgIpc) is 3.05. The smallest absolute Gasteiger partial charge is 0.190 e. The Balaban J connectivity index is 2.30. The zero-order valence-electron chi connectivity index (χ0n) is 25.4. The zero-order valence-corrected chi connectivity index (χ0v) is 19.4. The van der Waals surface area contributed by atoms with Crippen molar-refractivity contribution >= 4 is 5.69 Å². The molecule has 2 aromatic carbocycles. The quantitative estimate of drug-likeness (QED) is 0.461. The van der Waals surface area contributed by atoms with Gasteiger partial charge in [-0.2, -0.15) is 0 Å². The highest BCUT2D eigenvalue weighted by atomic mass is 19.1. The Morgan fingerprint density at radius 1 is 1.26 bits per heavy atom. The van der Waals surface area contributed by atoms with Crippen molar-refractivity contribution in [1.82, 2.24) is 4.90 Å². The Hall–Kier alpha value is -2.22. The van der Waals surface area contributed by atoms with Crippen molar-refractivity contribution in [2.45, 2.75) is 72.6 Å². The zero-order chi connectivity index (χ0) is 28.2. The predicted octanol–water partition coefficient (Wildman–Crippen LogP) is 7.00. The molecule has 0 aromatic heterocycles. The van der Waals surface area contributed by atoms with Gasteiger partial charge in [0, 0.05) is 19.4 Å². The van der Waals surface area contributed by atoms with Crippen molar-refractivity contribution in [2.24, 2.45) is 5.92 Å². The molecule has 0 N–H and O–H groups in total. The van der Waals surface area contributed by atoms with Crippen LogP contribution < -0.4 is 0 Å². The Bertz CT molecular complexity index is 1250. The van der Waals surface area contributed by atoms with Crippen molar-refractivity contribution < 1.29 is 17.4 Å². The van der Waals surface area contributed by atoms with Gasteiger partial charge in [-0.3, -0.25) is 0 Å². The summed E-state index contributed by atoms with van der Waals surface area (Å²) in [5.41, 5.74) is 1.90. The van der Waals surface area contributed by atoms with Crippen LogP contribution in [0, 0.1) is 39.1 Å². The summed E-state index contributed by atoms with van der Waals surface area (Å²) in [4.78, 5) is 4.67. The van der Waals surface area contributed by atoms with Gasteiger partial charge < -0.3 is 9.64 Å². The highest BCUT2D eigenvalue weighted by molar-refractivity contribution is 5.61. The summed E-state index contributed by atoms with van der Waals surface area (Å²) < 4.78 is 71.4. The first-order valence-electron chi connectivity index (χ1n) is 13.6. The fourth-order valence-corrected chi connectivity index (χ4v) is 4.49. The van der Waals surface area contributed by atoms with Crippen LogP contribution in [0.2, 0.25) is 0 Å². The van der Waals surface area contributed by atoms with Crippen LogP contribution in [0.1, 0.15) is 81.8 Å². The van der Waals surface area contributed by atoms with Gasteiger partial charge in [0.15, 0.2) is 5.69 Å². The molecule has 3 nitrogen and oxygen atoms in total. The number of halogens is 1. The molecule has 0 fully saturated rings. The van der Waals surface area contributed by atoms with E-state index in [1.807, 2.05) is 6.92 Å². The molecule has 0 bridgehead atoms. The third-order valence-corrected chi connectivity index (χ3v) is 6.32. The lowest BCUT2D eigenvalue weighted by atomic mass is 9.76. The van der Waals surface area contributed by atoms with E-state index in [-0.39, 0.29) is 42.5 Å². The van der Waals surface area contributed by atoms with Crippen molar-refractivity contribution in [2.75, 3.05) is 13.5 Å². The minimum absolute atomic E-state index is 0.0217. The molecule has 3 atom stereocenters. The molecule has 0 amide bonds. The Labute approximate surface area is 195 Å². The van der Waals surface area contributed by atoms with Gasteiger partial charge in [0.2, 0.25) is 0 Å². The molecule has 2 aromatic rings. The minimum atomic E-state index is -2.49. The van der Waals surface area contributed by atoms with Gasteiger partial charge in [0.05, 0.1) is 14.0 Å². The molecule has 0 radical (unpaired) electrons. The summed E-state index contributed by atoms with van der Waals surface area (Å²) in [6.45, 7) is 17.0. The summed E-state index contributed by atoms with van der Waals surface area (Å²) in [6.07, 6.45) is -0.378. The summed E-state index contributed by atoms with van der Waals surface area (Å²) in [5, 5.41) is 0. The number of hydrogen-bond donors (Lipinski definition) is 0. The lowest BCUT2D eigenvalue weighted by molar-refractivity contribution is -0.0567. The lowest BCUT2D eigenvalue weighted by Gasteiger charge is -2.37. The first kappa shape index (κ1) is 16.4. The first-order valence-corrected chi connectivity index (χ1v) is 10.6. The van der Waals surface area contributed by atoms with Gasteiger partial charge in [-0.15, -0.1) is 0 Å². The fraction of sp³-hybridized carbons (Fsp3) is 0.519. The van der Waals surface area contributed by atoms with E-state index in [4.69, 9.17) is 19.5 Å². The van der Waals surface area contributed by atoms with Gasteiger partial charge in [0.1, 0.15) is 11.4 Å². The number of nitrogens with zero attached hydrogens (tertiary/aromatic N) is 2. The van der Waals surface area contributed by atoms with Crippen molar-refractivity contribution in [1.29, 1.82) is 0 Å². The van der Waals surface area contributed by atoms with Crippen LogP contribution in [0.25, 0.3) is 4.85 Å². The standard InChI is InChI=1S/C27H35FN2O/c1-16(2)30(9)15-17(3)14-27(23-10-11-25(28)20(6)19(23)5)24-12-18(4)26(29-8)13-22(24)21(7)31-27/h10-13,16-17,21H,14-15H2,1-7,9H3/t17?,21?,27-/m0/s1/i9D3,12D,13D,16D. The van der Waals surface area contributed by atoms with Crippen molar-refractivity contribution in [3.05, 3.63) is 74.8 Å². The van der Waals surface area contributed by atoms with Crippen molar-refractivity contribution in [3.8, 4) is 0 Å². The van der Waals surface area contributed by atoms with Crippen LogP contribution in [0.5, 0.6) is 0 Å². The molecule has 4 heteroatoms. The third kappa shape index (κ3) is 4.14. The van der Waals surface area contributed by atoms with E-state index in [1.54, 1.807) is 33.8 Å². The lowest BCUT2D eigenvalue weighted by Crippen LogP contribution is -2.36. The first-order chi connectivity index (χ1) is 16.9. The molecule has 3 rings (SSSR count). The molecule has 0 aliphatic carbocycles. The number of fused-ring (bicyclic) bond motifs is 1. The van der Waals surface area contributed by atoms with Crippen molar-refractivity contribution in [3.63, 3.8) is 0 Å². The minimum Gasteiger partial charge on any atom is -0.358 e. The van der Waals surface area contributed by atoms with Gasteiger partial charge in [-0.1, -0.05) is 25.1 Å². The van der Waals surface area contributed by atoms with Crippen LogP contribution in [0.3, 0.4) is 0 Å². The maximum Gasteiger partial charge on any atom is 0.190 e. The number of hydrogen-bond acceptors (Lipinski definition) is 2. The Kier molecular flexibility index (Phi) is 4.62. The van der Waals surface area contributed by atoms with Crippen LogP contribution in [0.4, 0.5) is 10.1 Å². The Morgan fingerprint density at radius 3 is 2.58 bits per heavy atom. The van der Waals surface area contributed by atoms with Crippen LogP contribution in [-0.4, -0.2) is 24.4 Å². The number of benzene rings is 2. The maximum atomic E-state index is 14.5. The largest absolute Gasteiger partial charge is 0.358 e. The second-order valence-corrected chi connectivity index (χ2v) is 8.92. The molecule has 1 aliphatic heterocycles. The molecule has 166 valence electrons. The molecule has 1 aliphatic rings. The third-order valence-electron chi connectivity index (χ3n) is 6.32. The topological polar surface area (TPSA) is 16.8 Å². The maximum absolute atomic E-state index is 14.5. The molecule has 0 spiro atoms. The summed E-state index contributed by atoms with van der Waals surface area (Å²) in [6, 6.07) is 1.76. The van der Waals surface area contributed by atoms with E-state index < -0.39 is 24.7 Å². The highest BCUT2D eigenvalue weighted by Gasteiger charge is 2.47. The van der Waals surface area contributed by atoms with Gasteiger partial charge in [-0.25, -0.2) is 9.24 Å². The average molecular weight is 429 g/mol. The molecule has 0 saturated heterocycles. The van der Waals surface area contributed by atoms with Gasteiger partial charge in [0.25, 0.3) is 0 Å². The number of rotatable bonds is 6. The summed E-state index contributed by atoms with van der Waals surface area (Å²) in [7, 11) is 0. The molecular formula is C27H35FN2O. The molecule has 31 heavy (non-hydrogen) atoms. The Morgan fingerprint density at radius 2 is 1.97 bits per heavy atom. The van der Waals surface area contributed by atoms with Crippen LogP contribution in [-0.2, 0) is 10.3 Å². The second-order valence-electron chi connectivity index (χ2n) is 8.92. The molecule has 1 heterocycles. The summed E-state index contributed by atoms with van der Waals surface area (Å²) >= 11 is 0. The summed E-state index contributed by atoms with van der Waals surface area (Å²) in [5.74, 6) is -0.700. The van der Waals surface area contributed by atoms with E-state index in [1.165, 1.54) is 19.9 Å². The second kappa shape index (κ2) is 8.73. The van der Waals surface area contributed by atoms with Crippen LogP contribution in [0.15, 0.2) is 24.2 Å². The van der Waals surface area contributed by atoms with E-state index in [0.29, 0.717) is 33.4 Å². The van der Waals surface area contributed by atoms with E-state index in [0.717, 1.165) is 4.90 Å². The van der Waals surface area contributed by atoms with Gasteiger partial charge in [-0.05, 0) is 100 Å².